The fourth-order valence-corrected chi connectivity index (χ4v) is 2.90. The van der Waals surface area contributed by atoms with E-state index < -0.39 is 0 Å². The lowest BCUT2D eigenvalue weighted by Gasteiger charge is -2.27. The number of hydrogen-bond acceptors (Lipinski definition) is 4. The maximum atomic E-state index is 9.36. The molecule has 1 saturated heterocycles. The van der Waals surface area contributed by atoms with Gasteiger partial charge in [0, 0.05) is 24.9 Å². The summed E-state index contributed by atoms with van der Waals surface area (Å²) in [5.74, 6) is 0.834. The summed E-state index contributed by atoms with van der Waals surface area (Å²) in [4.78, 5) is 6.84. The minimum Gasteiger partial charge on any atom is -0.396 e. The highest BCUT2D eigenvalue weighted by atomic mass is 16.2. The first kappa shape index (κ1) is 13.8. The van der Waals surface area contributed by atoms with Gasteiger partial charge in [0.1, 0.15) is 11.9 Å². The molecule has 1 aromatic rings. The number of nitriles is 1. The second kappa shape index (κ2) is 6.03. The van der Waals surface area contributed by atoms with Gasteiger partial charge in [-0.3, -0.25) is 0 Å². The molecule has 2 heterocycles. The number of pyridine rings is 1. The van der Waals surface area contributed by atoms with Gasteiger partial charge in [-0.2, -0.15) is 5.26 Å². The molecule has 1 aromatic heterocycles. The van der Waals surface area contributed by atoms with Crippen LogP contribution in [0, 0.1) is 25.2 Å². The second-order valence-corrected chi connectivity index (χ2v) is 5.25. The molecule has 4 heteroatoms. The lowest BCUT2D eigenvalue weighted by Crippen LogP contribution is -2.31. The van der Waals surface area contributed by atoms with E-state index in [1.807, 2.05) is 19.9 Å². The molecule has 1 aliphatic heterocycles. The van der Waals surface area contributed by atoms with Gasteiger partial charge in [-0.05, 0) is 51.2 Å². The first-order chi connectivity index (χ1) is 9.17. The van der Waals surface area contributed by atoms with E-state index in [0.29, 0.717) is 11.6 Å². The normalized spacial score (nSPS) is 18.6. The number of aromatic nitrogens is 1. The fourth-order valence-electron chi connectivity index (χ4n) is 2.90. The number of aliphatic hydroxyl groups is 1. The molecule has 1 atom stereocenters. The van der Waals surface area contributed by atoms with Gasteiger partial charge in [-0.15, -0.1) is 0 Å². The molecule has 102 valence electrons. The van der Waals surface area contributed by atoms with Crippen molar-refractivity contribution < 1.29 is 5.11 Å². The number of nitrogens with zero attached hydrogens (tertiary/aromatic N) is 3. The Kier molecular flexibility index (Phi) is 4.39. The zero-order valence-corrected chi connectivity index (χ0v) is 11.7. The van der Waals surface area contributed by atoms with E-state index in [2.05, 4.69) is 16.0 Å². The Morgan fingerprint density at radius 3 is 3.00 bits per heavy atom. The summed E-state index contributed by atoms with van der Waals surface area (Å²) in [6.45, 7) is 5.13. The lowest BCUT2D eigenvalue weighted by molar-refractivity contribution is 0.279. The van der Waals surface area contributed by atoms with Crippen LogP contribution in [0.4, 0.5) is 5.82 Å². The number of aryl methyl sites for hydroxylation is 2. The lowest BCUT2D eigenvalue weighted by atomic mass is 10.1. The maximum Gasteiger partial charge on any atom is 0.147 e. The first-order valence-electron chi connectivity index (χ1n) is 6.93. The highest BCUT2D eigenvalue weighted by Crippen LogP contribution is 2.30. The van der Waals surface area contributed by atoms with Crippen molar-refractivity contribution in [2.45, 2.75) is 45.6 Å². The van der Waals surface area contributed by atoms with Crippen LogP contribution in [-0.2, 0) is 0 Å². The van der Waals surface area contributed by atoms with E-state index in [1.165, 1.54) is 0 Å². The number of rotatable bonds is 4. The summed E-state index contributed by atoms with van der Waals surface area (Å²) < 4.78 is 0. The third-order valence-corrected chi connectivity index (χ3v) is 3.78. The van der Waals surface area contributed by atoms with E-state index in [1.54, 1.807) is 0 Å². The monoisotopic (exact) mass is 259 g/mol. The van der Waals surface area contributed by atoms with Gasteiger partial charge >= 0.3 is 0 Å². The Bertz CT molecular complexity index is 493. The van der Waals surface area contributed by atoms with E-state index in [9.17, 15) is 5.26 Å². The van der Waals surface area contributed by atoms with Crippen molar-refractivity contribution in [3.8, 4) is 6.07 Å². The van der Waals surface area contributed by atoms with Crippen molar-refractivity contribution in [3.63, 3.8) is 0 Å². The van der Waals surface area contributed by atoms with Gasteiger partial charge in [-0.25, -0.2) is 4.98 Å². The highest BCUT2D eigenvalue weighted by Gasteiger charge is 2.27. The maximum absolute atomic E-state index is 9.36. The molecule has 0 bridgehead atoms. The SMILES string of the molecule is Cc1cc(C)c(C#N)c(N2CCCC2CCCO)n1. The molecule has 1 unspecified atom stereocenters. The van der Waals surface area contributed by atoms with Crippen molar-refractivity contribution in [2.24, 2.45) is 0 Å². The Labute approximate surface area is 114 Å². The predicted molar refractivity (Wildman–Crippen MR) is 75.1 cm³/mol. The van der Waals surface area contributed by atoms with Crippen molar-refractivity contribution in [1.29, 1.82) is 5.26 Å². The topological polar surface area (TPSA) is 60.2 Å². The first-order valence-corrected chi connectivity index (χ1v) is 6.93. The molecular formula is C15H21N3O. The van der Waals surface area contributed by atoms with E-state index >= 15 is 0 Å². The summed E-state index contributed by atoms with van der Waals surface area (Å²) >= 11 is 0. The van der Waals surface area contributed by atoms with Gasteiger partial charge in [0.25, 0.3) is 0 Å². The molecule has 19 heavy (non-hydrogen) atoms. The fraction of sp³-hybridized carbons (Fsp3) is 0.600. The average Bonchev–Trinajstić information content (AvgIpc) is 2.83. The van der Waals surface area contributed by atoms with Crippen molar-refractivity contribution in [2.75, 3.05) is 18.1 Å². The van der Waals surface area contributed by atoms with E-state index in [0.717, 1.165) is 49.3 Å². The molecule has 0 amide bonds. The van der Waals surface area contributed by atoms with Gasteiger partial charge < -0.3 is 10.0 Å². The zero-order chi connectivity index (χ0) is 13.8. The van der Waals surface area contributed by atoms with Crippen LogP contribution in [0.3, 0.4) is 0 Å². The summed E-state index contributed by atoms with van der Waals surface area (Å²) in [6, 6.07) is 4.66. The zero-order valence-electron chi connectivity index (χ0n) is 11.7. The molecule has 1 N–H and O–H groups in total. The molecule has 0 spiro atoms. The largest absolute Gasteiger partial charge is 0.396 e. The summed E-state index contributed by atoms with van der Waals surface area (Å²) in [5.41, 5.74) is 2.65. The van der Waals surface area contributed by atoms with Crippen LogP contribution < -0.4 is 4.90 Å². The Hall–Kier alpha value is -1.60. The molecule has 1 fully saturated rings. The van der Waals surface area contributed by atoms with Crippen molar-refractivity contribution >= 4 is 5.82 Å². The Balaban J connectivity index is 2.32. The number of anilines is 1. The Morgan fingerprint density at radius 2 is 2.32 bits per heavy atom. The average molecular weight is 259 g/mol. The summed E-state index contributed by atoms with van der Waals surface area (Å²) in [5, 5.41) is 18.3. The third-order valence-electron chi connectivity index (χ3n) is 3.78. The van der Waals surface area contributed by atoms with Crippen LogP contribution in [0.1, 0.15) is 42.5 Å². The van der Waals surface area contributed by atoms with Crippen molar-refractivity contribution in [1.82, 2.24) is 4.98 Å². The van der Waals surface area contributed by atoms with Gasteiger partial charge in [-0.1, -0.05) is 0 Å². The molecule has 0 radical (unpaired) electrons. The van der Waals surface area contributed by atoms with Crippen LogP contribution in [0.2, 0.25) is 0 Å². The van der Waals surface area contributed by atoms with E-state index in [-0.39, 0.29) is 6.61 Å². The molecular weight excluding hydrogens is 238 g/mol. The van der Waals surface area contributed by atoms with Crippen LogP contribution in [0.15, 0.2) is 6.07 Å². The van der Waals surface area contributed by atoms with E-state index in [4.69, 9.17) is 5.11 Å². The summed E-state index contributed by atoms with van der Waals surface area (Å²) in [7, 11) is 0. The minimum atomic E-state index is 0.232. The quantitative estimate of drug-likeness (QED) is 0.901. The van der Waals surface area contributed by atoms with Crippen LogP contribution in [0.25, 0.3) is 0 Å². The van der Waals surface area contributed by atoms with Crippen LogP contribution in [0.5, 0.6) is 0 Å². The summed E-state index contributed by atoms with van der Waals surface area (Å²) in [6.07, 6.45) is 4.04. The molecule has 2 rings (SSSR count). The number of aliphatic hydroxyl groups excluding tert-OH is 1. The molecule has 0 aliphatic carbocycles. The van der Waals surface area contributed by atoms with Gasteiger partial charge in [0.2, 0.25) is 0 Å². The molecule has 4 nitrogen and oxygen atoms in total. The second-order valence-electron chi connectivity index (χ2n) is 5.25. The standard InChI is InChI=1S/C15H21N3O/c1-11-9-12(2)17-15(14(11)10-16)18-7-3-5-13(18)6-4-8-19/h9,13,19H,3-8H2,1-2H3. The van der Waals surface area contributed by atoms with Crippen LogP contribution in [-0.4, -0.2) is 29.3 Å². The van der Waals surface area contributed by atoms with Crippen molar-refractivity contribution in [3.05, 3.63) is 22.9 Å². The molecule has 0 saturated carbocycles. The molecule has 1 aliphatic rings. The Morgan fingerprint density at radius 1 is 1.53 bits per heavy atom. The number of hydrogen-bond donors (Lipinski definition) is 1. The van der Waals surface area contributed by atoms with Gasteiger partial charge in [0.05, 0.1) is 5.56 Å². The smallest absolute Gasteiger partial charge is 0.147 e. The van der Waals surface area contributed by atoms with Crippen LogP contribution >= 0.6 is 0 Å². The minimum absolute atomic E-state index is 0.232. The third kappa shape index (κ3) is 2.87. The van der Waals surface area contributed by atoms with Gasteiger partial charge in [0.15, 0.2) is 0 Å². The highest BCUT2D eigenvalue weighted by molar-refractivity contribution is 5.59. The molecule has 0 aromatic carbocycles. The predicted octanol–water partition coefficient (Wildman–Crippen LogP) is 2.31.